The fourth-order valence-electron chi connectivity index (χ4n) is 1.41. The molecular formula is C12H10BrClN2O2. The third-order valence-corrected chi connectivity index (χ3v) is 2.99. The van der Waals surface area contributed by atoms with E-state index < -0.39 is 0 Å². The highest BCUT2D eigenvalue weighted by Crippen LogP contribution is 2.23. The second-order valence-electron chi connectivity index (χ2n) is 3.62. The third-order valence-electron chi connectivity index (χ3n) is 2.26. The molecule has 0 fully saturated rings. The normalized spacial score (nSPS) is 10.3. The molecule has 4 nitrogen and oxygen atoms in total. The maximum Gasteiger partial charge on any atom is 0.224 e. The summed E-state index contributed by atoms with van der Waals surface area (Å²) in [5.74, 6) is 0.650. The molecule has 1 amide bonds. The summed E-state index contributed by atoms with van der Waals surface area (Å²) < 4.78 is 5.91. The van der Waals surface area contributed by atoms with Gasteiger partial charge in [-0.25, -0.2) is 4.98 Å². The number of amides is 1. The van der Waals surface area contributed by atoms with Crippen LogP contribution < -0.4 is 5.32 Å². The lowest BCUT2D eigenvalue weighted by atomic mass is 10.2. The van der Waals surface area contributed by atoms with E-state index in [9.17, 15) is 4.79 Å². The Morgan fingerprint density at radius 3 is 3.11 bits per heavy atom. The van der Waals surface area contributed by atoms with Crippen molar-refractivity contribution in [3.63, 3.8) is 0 Å². The second-order valence-corrected chi connectivity index (χ2v) is 4.89. The van der Waals surface area contributed by atoms with E-state index in [-0.39, 0.29) is 11.1 Å². The summed E-state index contributed by atoms with van der Waals surface area (Å²) in [6.07, 6.45) is 4.04. The highest BCUT2D eigenvalue weighted by atomic mass is 79.9. The summed E-state index contributed by atoms with van der Waals surface area (Å²) in [4.78, 5) is 15.6. The van der Waals surface area contributed by atoms with Gasteiger partial charge in [0.1, 0.15) is 5.76 Å². The molecule has 2 aromatic heterocycles. The fourth-order valence-corrected chi connectivity index (χ4v) is 1.90. The number of halogens is 2. The van der Waals surface area contributed by atoms with Gasteiger partial charge in [0.15, 0.2) is 5.15 Å². The van der Waals surface area contributed by atoms with Crippen molar-refractivity contribution in [3.05, 3.63) is 46.0 Å². The number of aromatic nitrogens is 1. The summed E-state index contributed by atoms with van der Waals surface area (Å²) >= 11 is 9.14. The Morgan fingerprint density at radius 2 is 2.39 bits per heavy atom. The molecule has 0 radical (unpaired) electrons. The number of pyridine rings is 1. The Labute approximate surface area is 117 Å². The predicted octanol–water partition coefficient (Wildman–Crippen LogP) is 3.66. The van der Waals surface area contributed by atoms with Gasteiger partial charge in [-0.05, 0) is 34.1 Å². The molecule has 0 atom stereocenters. The monoisotopic (exact) mass is 328 g/mol. The minimum atomic E-state index is -0.131. The lowest BCUT2D eigenvalue weighted by molar-refractivity contribution is -0.116. The largest absolute Gasteiger partial charge is 0.469 e. The molecule has 94 valence electrons. The van der Waals surface area contributed by atoms with Gasteiger partial charge < -0.3 is 9.73 Å². The zero-order valence-electron chi connectivity index (χ0n) is 9.32. The number of hydrogen-bond acceptors (Lipinski definition) is 3. The Balaban J connectivity index is 1.92. The first-order chi connectivity index (χ1) is 8.65. The summed E-state index contributed by atoms with van der Waals surface area (Å²) in [6.45, 7) is 0. The molecule has 0 aliphatic rings. The van der Waals surface area contributed by atoms with Gasteiger partial charge in [0, 0.05) is 23.5 Å². The zero-order valence-corrected chi connectivity index (χ0v) is 11.7. The van der Waals surface area contributed by atoms with Gasteiger partial charge in [0.25, 0.3) is 0 Å². The lowest BCUT2D eigenvalue weighted by Crippen LogP contribution is -2.12. The topological polar surface area (TPSA) is 55.1 Å². The van der Waals surface area contributed by atoms with Crippen molar-refractivity contribution in [1.82, 2.24) is 4.98 Å². The van der Waals surface area contributed by atoms with E-state index in [2.05, 4.69) is 26.2 Å². The van der Waals surface area contributed by atoms with Crippen LogP contribution in [0.25, 0.3) is 0 Å². The number of hydrogen-bond donors (Lipinski definition) is 1. The van der Waals surface area contributed by atoms with Crippen LogP contribution in [-0.2, 0) is 11.2 Å². The van der Waals surface area contributed by atoms with Crippen molar-refractivity contribution in [2.75, 3.05) is 5.32 Å². The van der Waals surface area contributed by atoms with E-state index in [4.69, 9.17) is 16.0 Å². The average molecular weight is 330 g/mol. The summed E-state index contributed by atoms with van der Waals surface area (Å²) in [5.41, 5.74) is 0.496. The van der Waals surface area contributed by atoms with E-state index in [0.717, 1.165) is 10.2 Å². The van der Waals surface area contributed by atoms with Crippen LogP contribution in [0.1, 0.15) is 12.2 Å². The number of carbonyl (C=O) groups is 1. The summed E-state index contributed by atoms with van der Waals surface area (Å²) in [5, 5.41) is 2.98. The first kappa shape index (κ1) is 13.1. The van der Waals surface area contributed by atoms with Crippen molar-refractivity contribution in [3.8, 4) is 0 Å². The molecule has 0 aromatic carbocycles. The van der Waals surface area contributed by atoms with Gasteiger partial charge in [-0.2, -0.15) is 0 Å². The first-order valence-corrected chi connectivity index (χ1v) is 6.45. The highest BCUT2D eigenvalue weighted by Gasteiger charge is 2.08. The number of rotatable bonds is 4. The molecule has 1 N–H and O–H groups in total. The fraction of sp³-hybridized carbons (Fsp3) is 0.167. The molecule has 0 bridgehead atoms. The Hall–Kier alpha value is -1.33. The number of nitrogens with zero attached hydrogens (tertiary/aromatic N) is 1. The van der Waals surface area contributed by atoms with E-state index in [0.29, 0.717) is 18.5 Å². The maximum atomic E-state index is 11.7. The van der Waals surface area contributed by atoms with Crippen LogP contribution in [0.15, 0.2) is 39.5 Å². The molecule has 2 rings (SSSR count). The second kappa shape index (κ2) is 6.02. The van der Waals surface area contributed by atoms with Crippen LogP contribution in [0.5, 0.6) is 0 Å². The molecule has 6 heteroatoms. The van der Waals surface area contributed by atoms with Crippen LogP contribution in [-0.4, -0.2) is 10.9 Å². The van der Waals surface area contributed by atoms with E-state index in [1.807, 2.05) is 6.07 Å². The van der Waals surface area contributed by atoms with Crippen LogP contribution in [0.3, 0.4) is 0 Å². The molecule has 0 saturated heterocycles. The molecule has 0 aliphatic heterocycles. The number of carbonyl (C=O) groups excluding carboxylic acids is 1. The number of nitrogens with one attached hydrogen (secondary N) is 1. The van der Waals surface area contributed by atoms with Crippen molar-refractivity contribution >= 4 is 39.1 Å². The number of furan rings is 1. The van der Waals surface area contributed by atoms with Gasteiger partial charge >= 0.3 is 0 Å². The van der Waals surface area contributed by atoms with E-state index >= 15 is 0 Å². The lowest BCUT2D eigenvalue weighted by Gasteiger charge is -2.06. The van der Waals surface area contributed by atoms with Crippen LogP contribution in [0.4, 0.5) is 5.69 Å². The molecule has 2 heterocycles. The van der Waals surface area contributed by atoms with Gasteiger partial charge in [0.2, 0.25) is 5.91 Å². The van der Waals surface area contributed by atoms with E-state index in [1.54, 1.807) is 24.6 Å². The van der Waals surface area contributed by atoms with Crippen LogP contribution in [0.2, 0.25) is 5.15 Å². The molecule has 0 saturated carbocycles. The van der Waals surface area contributed by atoms with Crippen molar-refractivity contribution in [1.29, 1.82) is 0 Å². The van der Waals surface area contributed by atoms with E-state index in [1.165, 1.54) is 0 Å². The number of aryl methyl sites for hydroxylation is 1. The van der Waals surface area contributed by atoms with Crippen molar-refractivity contribution in [2.45, 2.75) is 12.8 Å². The van der Waals surface area contributed by atoms with Gasteiger partial charge in [-0.1, -0.05) is 11.6 Å². The SMILES string of the molecule is O=C(CCc1ccco1)Nc1cc(Br)cnc1Cl. The van der Waals surface area contributed by atoms with Crippen molar-refractivity contribution in [2.24, 2.45) is 0 Å². The summed E-state index contributed by atoms with van der Waals surface area (Å²) in [7, 11) is 0. The molecule has 18 heavy (non-hydrogen) atoms. The standard InChI is InChI=1S/C12H10BrClN2O2/c13-8-6-10(12(14)15-7-8)16-11(17)4-3-9-2-1-5-18-9/h1-2,5-7H,3-4H2,(H,16,17). The zero-order chi connectivity index (χ0) is 13.0. The maximum absolute atomic E-state index is 11.7. The molecule has 0 unspecified atom stereocenters. The van der Waals surface area contributed by atoms with Crippen molar-refractivity contribution < 1.29 is 9.21 Å². The minimum absolute atomic E-state index is 0.131. The minimum Gasteiger partial charge on any atom is -0.469 e. The quantitative estimate of drug-likeness (QED) is 0.871. The Kier molecular flexibility index (Phi) is 4.38. The number of anilines is 1. The van der Waals surface area contributed by atoms with Crippen LogP contribution >= 0.6 is 27.5 Å². The van der Waals surface area contributed by atoms with Crippen LogP contribution in [0, 0.1) is 0 Å². The van der Waals surface area contributed by atoms with Gasteiger partial charge in [0.05, 0.1) is 12.0 Å². The molecule has 0 aliphatic carbocycles. The van der Waals surface area contributed by atoms with Gasteiger partial charge in [-0.3, -0.25) is 4.79 Å². The smallest absolute Gasteiger partial charge is 0.224 e. The predicted molar refractivity (Wildman–Crippen MR) is 72.6 cm³/mol. The average Bonchev–Trinajstić information content (AvgIpc) is 2.84. The molecule has 0 spiro atoms. The molecular weight excluding hydrogens is 320 g/mol. The molecule has 2 aromatic rings. The first-order valence-electron chi connectivity index (χ1n) is 5.28. The van der Waals surface area contributed by atoms with Gasteiger partial charge in [-0.15, -0.1) is 0 Å². The summed E-state index contributed by atoms with van der Waals surface area (Å²) in [6, 6.07) is 5.34. The Morgan fingerprint density at radius 1 is 1.56 bits per heavy atom. The highest BCUT2D eigenvalue weighted by molar-refractivity contribution is 9.10. The Bertz CT molecular complexity index is 543. The third kappa shape index (κ3) is 3.58.